The van der Waals surface area contributed by atoms with E-state index in [0.29, 0.717) is 29.3 Å². The van der Waals surface area contributed by atoms with Crippen LogP contribution in [0.4, 0.5) is 5.69 Å². The molecule has 4 aliphatic carbocycles. The molecule has 2 aromatic rings. The monoisotopic (exact) mass is 494 g/mol. The highest BCUT2D eigenvalue weighted by molar-refractivity contribution is 6.30. The van der Waals surface area contributed by atoms with Crippen LogP contribution < -0.4 is 16.4 Å². The molecule has 3 unspecified atom stereocenters. The van der Waals surface area contributed by atoms with Crippen molar-refractivity contribution < 1.29 is 9.59 Å². The fourth-order valence-electron chi connectivity index (χ4n) is 7.23. The zero-order valence-corrected chi connectivity index (χ0v) is 21.2. The minimum atomic E-state index is -0.550. The third kappa shape index (κ3) is 4.70. The van der Waals surface area contributed by atoms with Crippen LogP contribution in [0.25, 0.3) is 0 Å². The van der Waals surface area contributed by atoms with Gasteiger partial charge < -0.3 is 16.4 Å². The number of pyridine rings is 1. The van der Waals surface area contributed by atoms with E-state index in [9.17, 15) is 9.59 Å². The van der Waals surface area contributed by atoms with Gasteiger partial charge in [-0.15, -0.1) is 0 Å². The standard InChI is InChI=1S/C28H35ClN4O2/c1-27(2,20-3-5-21(29)6-4-20)16-32-25(34)24(30)23-18-11-17-12-19(23)15-28(13-17,14-18)26(35)33-22-7-9-31-10-8-22/h3-10,17-19,23-24H,11-16,30H2,1-2H3,(H,32,34)(H,31,33,35). The molecular formula is C28H35ClN4O2. The highest BCUT2D eigenvalue weighted by Crippen LogP contribution is 2.63. The van der Waals surface area contributed by atoms with Gasteiger partial charge in [-0.3, -0.25) is 14.6 Å². The van der Waals surface area contributed by atoms with Crippen LogP contribution in [0.1, 0.15) is 51.5 Å². The quantitative estimate of drug-likeness (QED) is 0.526. The molecule has 0 spiro atoms. The Morgan fingerprint density at radius 1 is 1.09 bits per heavy atom. The van der Waals surface area contributed by atoms with Gasteiger partial charge in [0, 0.05) is 35.1 Å². The number of halogens is 1. The van der Waals surface area contributed by atoms with Gasteiger partial charge in [0.25, 0.3) is 0 Å². The second kappa shape index (κ2) is 9.21. The van der Waals surface area contributed by atoms with Crippen molar-refractivity contribution in [2.75, 3.05) is 11.9 Å². The van der Waals surface area contributed by atoms with Crippen LogP contribution in [0.3, 0.4) is 0 Å². The van der Waals surface area contributed by atoms with E-state index in [1.807, 2.05) is 36.4 Å². The maximum Gasteiger partial charge on any atom is 0.237 e. The van der Waals surface area contributed by atoms with E-state index >= 15 is 0 Å². The van der Waals surface area contributed by atoms with Crippen molar-refractivity contribution in [1.29, 1.82) is 0 Å². The lowest BCUT2D eigenvalue weighted by Gasteiger charge is -2.60. The normalized spacial score (nSPS) is 30.1. The van der Waals surface area contributed by atoms with Crippen LogP contribution >= 0.6 is 11.6 Å². The molecule has 0 saturated heterocycles. The molecule has 1 aromatic heterocycles. The molecule has 7 heteroatoms. The van der Waals surface area contributed by atoms with Crippen LogP contribution in [0.5, 0.6) is 0 Å². The van der Waals surface area contributed by atoms with Crippen LogP contribution in [0, 0.1) is 29.1 Å². The van der Waals surface area contributed by atoms with Crippen LogP contribution in [-0.2, 0) is 15.0 Å². The molecule has 4 bridgehead atoms. The van der Waals surface area contributed by atoms with Crippen molar-refractivity contribution in [2.45, 2.75) is 57.4 Å². The summed E-state index contributed by atoms with van der Waals surface area (Å²) < 4.78 is 0. The van der Waals surface area contributed by atoms with Crippen LogP contribution in [0.15, 0.2) is 48.8 Å². The largest absolute Gasteiger partial charge is 0.354 e. The van der Waals surface area contributed by atoms with Gasteiger partial charge in [0.1, 0.15) is 0 Å². The van der Waals surface area contributed by atoms with Crippen molar-refractivity contribution in [3.63, 3.8) is 0 Å². The van der Waals surface area contributed by atoms with Crippen LogP contribution in [0.2, 0.25) is 5.02 Å². The molecule has 186 valence electrons. The fraction of sp³-hybridized carbons (Fsp3) is 0.536. The number of carbonyl (C=O) groups excluding carboxylic acids is 2. The molecule has 4 N–H and O–H groups in total. The molecule has 1 aromatic carbocycles. The highest BCUT2D eigenvalue weighted by atomic mass is 35.5. The summed E-state index contributed by atoms with van der Waals surface area (Å²) in [6.45, 7) is 4.72. The molecule has 4 saturated carbocycles. The van der Waals surface area contributed by atoms with E-state index in [1.54, 1.807) is 12.4 Å². The van der Waals surface area contributed by atoms with Crippen molar-refractivity contribution in [3.05, 3.63) is 59.4 Å². The number of aromatic nitrogens is 1. The first-order valence-corrected chi connectivity index (χ1v) is 13.1. The maximum absolute atomic E-state index is 13.4. The van der Waals surface area contributed by atoms with E-state index in [2.05, 4.69) is 29.5 Å². The molecule has 6 nitrogen and oxygen atoms in total. The molecule has 4 fully saturated rings. The Hall–Kier alpha value is -2.44. The number of anilines is 1. The zero-order valence-electron chi connectivity index (χ0n) is 20.5. The van der Waals surface area contributed by atoms with Crippen molar-refractivity contribution >= 4 is 29.1 Å². The number of amides is 2. The molecule has 6 rings (SSSR count). The molecular weight excluding hydrogens is 460 g/mol. The predicted octanol–water partition coefficient (Wildman–Crippen LogP) is 4.54. The van der Waals surface area contributed by atoms with Gasteiger partial charge >= 0.3 is 0 Å². The summed E-state index contributed by atoms with van der Waals surface area (Å²) in [7, 11) is 0. The topological polar surface area (TPSA) is 97.1 Å². The van der Waals surface area contributed by atoms with Gasteiger partial charge in [0.2, 0.25) is 11.8 Å². The Labute approximate surface area is 212 Å². The number of nitrogens with one attached hydrogen (secondary N) is 2. The van der Waals surface area contributed by atoms with Crippen LogP contribution in [-0.4, -0.2) is 29.4 Å². The first-order valence-electron chi connectivity index (χ1n) is 12.7. The van der Waals surface area contributed by atoms with E-state index in [-0.39, 0.29) is 28.6 Å². The molecule has 3 atom stereocenters. The van der Waals surface area contributed by atoms with E-state index < -0.39 is 6.04 Å². The lowest BCUT2D eigenvalue weighted by molar-refractivity contribution is -0.151. The first kappa shape index (κ1) is 24.3. The number of hydrogen-bond acceptors (Lipinski definition) is 4. The summed E-state index contributed by atoms with van der Waals surface area (Å²) in [5.74, 6) is 1.34. The lowest BCUT2D eigenvalue weighted by atomic mass is 9.45. The summed E-state index contributed by atoms with van der Waals surface area (Å²) in [4.78, 5) is 30.6. The predicted molar refractivity (Wildman–Crippen MR) is 138 cm³/mol. The van der Waals surface area contributed by atoms with E-state index in [1.165, 1.54) is 0 Å². The fourth-order valence-corrected chi connectivity index (χ4v) is 7.36. The summed E-state index contributed by atoms with van der Waals surface area (Å²) in [6.07, 6.45) is 8.11. The van der Waals surface area contributed by atoms with Gasteiger partial charge in [-0.2, -0.15) is 0 Å². The second-order valence-corrected chi connectivity index (χ2v) is 12.1. The summed E-state index contributed by atoms with van der Waals surface area (Å²) in [6, 6.07) is 10.9. The molecule has 1 heterocycles. The number of rotatable bonds is 7. The maximum atomic E-state index is 13.4. The molecule has 4 aliphatic rings. The Morgan fingerprint density at radius 3 is 2.34 bits per heavy atom. The highest BCUT2D eigenvalue weighted by Gasteiger charge is 2.60. The Bertz CT molecular complexity index is 1070. The van der Waals surface area contributed by atoms with E-state index in [4.69, 9.17) is 17.3 Å². The van der Waals surface area contributed by atoms with E-state index in [0.717, 1.165) is 43.4 Å². The second-order valence-electron chi connectivity index (χ2n) is 11.7. The third-order valence-electron chi connectivity index (χ3n) is 8.81. The zero-order chi connectivity index (χ0) is 24.8. The van der Waals surface area contributed by atoms with Gasteiger partial charge in [-0.05, 0) is 85.6 Å². The number of benzene rings is 1. The Balaban J connectivity index is 1.24. The van der Waals surface area contributed by atoms with Gasteiger partial charge in [-0.1, -0.05) is 37.6 Å². The average Bonchev–Trinajstić information content (AvgIpc) is 2.82. The first-order chi connectivity index (χ1) is 16.7. The lowest BCUT2D eigenvalue weighted by Crippen LogP contribution is -2.61. The van der Waals surface area contributed by atoms with Crippen molar-refractivity contribution in [3.8, 4) is 0 Å². The van der Waals surface area contributed by atoms with Gasteiger partial charge in [-0.25, -0.2) is 0 Å². The van der Waals surface area contributed by atoms with Crippen molar-refractivity contribution in [2.24, 2.45) is 34.8 Å². The summed E-state index contributed by atoms with van der Waals surface area (Å²) in [5.41, 5.74) is 7.96. The van der Waals surface area contributed by atoms with Crippen molar-refractivity contribution in [1.82, 2.24) is 10.3 Å². The minimum absolute atomic E-state index is 0.0835. The molecule has 0 aliphatic heterocycles. The minimum Gasteiger partial charge on any atom is -0.354 e. The summed E-state index contributed by atoms with van der Waals surface area (Å²) in [5, 5.41) is 6.95. The van der Waals surface area contributed by atoms with Gasteiger partial charge in [0.15, 0.2) is 0 Å². The summed E-state index contributed by atoms with van der Waals surface area (Å²) >= 11 is 6.03. The SMILES string of the molecule is CC(C)(CNC(=O)C(N)C1C2CC3CC1CC(C(=O)Nc1ccncc1)(C3)C2)c1ccc(Cl)cc1. The number of hydrogen-bond donors (Lipinski definition) is 3. The third-order valence-corrected chi connectivity index (χ3v) is 9.07. The number of nitrogens with zero attached hydrogens (tertiary/aromatic N) is 1. The molecule has 2 amide bonds. The Kier molecular flexibility index (Phi) is 6.39. The Morgan fingerprint density at radius 2 is 1.71 bits per heavy atom. The average molecular weight is 495 g/mol. The smallest absolute Gasteiger partial charge is 0.237 e. The molecule has 0 radical (unpaired) electrons. The number of nitrogens with two attached hydrogens (primary N) is 1. The number of carbonyl (C=O) groups is 2. The molecule has 35 heavy (non-hydrogen) atoms. The van der Waals surface area contributed by atoms with Gasteiger partial charge in [0.05, 0.1) is 11.5 Å².